The van der Waals surface area contributed by atoms with Gasteiger partial charge in [-0.25, -0.2) is 4.79 Å². The molecule has 0 saturated heterocycles. The van der Waals surface area contributed by atoms with Crippen molar-refractivity contribution >= 4 is 0 Å². The van der Waals surface area contributed by atoms with E-state index in [1.165, 1.54) is 0 Å². The summed E-state index contributed by atoms with van der Waals surface area (Å²) >= 11 is 0. The maximum absolute atomic E-state index is 11.0. The molecule has 1 heterocycles. The second-order valence-electron chi connectivity index (χ2n) is 2.37. The van der Waals surface area contributed by atoms with Gasteiger partial charge in [-0.05, 0) is 6.92 Å². The molecule has 0 aliphatic rings. The topological polar surface area (TPSA) is 84.3 Å². The summed E-state index contributed by atoms with van der Waals surface area (Å²) in [5.74, 6) is -0.501. The van der Waals surface area contributed by atoms with Crippen molar-refractivity contribution < 1.29 is 9.84 Å². The summed E-state index contributed by atoms with van der Waals surface area (Å²) in [7, 11) is 0. The number of H-pyrrole nitrogens is 1. The van der Waals surface area contributed by atoms with Gasteiger partial charge in [0.25, 0.3) is 5.56 Å². The minimum Gasteiger partial charge on any atom is -0.502 e. The van der Waals surface area contributed by atoms with Gasteiger partial charge >= 0.3 is 5.69 Å². The fraction of sp³-hybridized carbons (Fsp3) is 0.429. The maximum Gasteiger partial charge on any atom is 0.330 e. The first kappa shape index (κ1) is 9.53. The molecule has 0 amide bonds. The number of hydrogen-bond acceptors (Lipinski definition) is 4. The highest BCUT2D eigenvalue weighted by Gasteiger charge is 2.01. The lowest BCUT2D eigenvalue weighted by Crippen LogP contribution is -2.29. The number of aromatic amines is 1. The number of nitrogens with zero attached hydrogens (tertiary/aromatic N) is 1. The summed E-state index contributed by atoms with van der Waals surface area (Å²) in [6.45, 7) is 2.24. The second-order valence-corrected chi connectivity index (χ2v) is 2.37. The van der Waals surface area contributed by atoms with Gasteiger partial charge in [0.15, 0.2) is 5.75 Å². The van der Waals surface area contributed by atoms with Crippen LogP contribution in [-0.4, -0.2) is 21.3 Å². The van der Waals surface area contributed by atoms with E-state index in [1.54, 1.807) is 6.92 Å². The van der Waals surface area contributed by atoms with Crippen molar-refractivity contribution in [3.05, 3.63) is 27.0 Å². The first-order valence-electron chi connectivity index (χ1n) is 3.75. The van der Waals surface area contributed by atoms with E-state index < -0.39 is 17.0 Å². The van der Waals surface area contributed by atoms with Crippen molar-refractivity contribution in [3.63, 3.8) is 0 Å². The van der Waals surface area contributed by atoms with E-state index in [0.29, 0.717) is 6.61 Å². The lowest BCUT2D eigenvalue weighted by atomic mass is 10.6. The number of ether oxygens (including phenoxy) is 1. The Morgan fingerprint density at radius 1 is 1.62 bits per heavy atom. The lowest BCUT2D eigenvalue weighted by Gasteiger charge is -2.03. The Hall–Kier alpha value is -1.56. The number of nitrogens with one attached hydrogen (secondary N) is 1. The van der Waals surface area contributed by atoms with E-state index in [-0.39, 0.29) is 6.73 Å². The van der Waals surface area contributed by atoms with Gasteiger partial charge in [0.2, 0.25) is 0 Å². The van der Waals surface area contributed by atoms with Crippen molar-refractivity contribution in [1.29, 1.82) is 0 Å². The van der Waals surface area contributed by atoms with Crippen LogP contribution < -0.4 is 11.2 Å². The molecule has 1 rings (SSSR count). The Bertz CT molecular complexity index is 392. The van der Waals surface area contributed by atoms with E-state index in [0.717, 1.165) is 10.8 Å². The van der Waals surface area contributed by atoms with Crippen LogP contribution in [-0.2, 0) is 11.5 Å². The predicted molar refractivity (Wildman–Crippen MR) is 44.6 cm³/mol. The van der Waals surface area contributed by atoms with Gasteiger partial charge in [-0.15, -0.1) is 0 Å². The minimum atomic E-state index is -0.794. The monoisotopic (exact) mass is 186 g/mol. The van der Waals surface area contributed by atoms with Crippen LogP contribution >= 0.6 is 0 Å². The van der Waals surface area contributed by atoms with E-state index in [1.807, 2.05) is 4.98 Å². The molecule has 1 aromatic rings. The number of hydrogen-bond donors (Lipinski definition) is 2. The highest BCUT2D eigenvalue weighted by atomic mass is 16.5. The molecule has 0 spiro atoms. The molecule has 0 radical (unpaired) electrons. The maximum atomic E-state index is 11.0. The van der Waals surface area contributed by atoms with Gasteiger partial charge in [-0.2, -0.15) is 0 Å². The third-order valence-electron chi connectivity index (χ3n) is 1.43. The van der Waals surface area contributed by atoms with Crippen LogP contribution in [0.4, 0.5) is 0 Å². The van der Waals surface area contributed by atoms with Crippen LogP contribution in [0.25, 0.3) is 0 Å². The lowest BCUT2D eigenvalue weighted by molar-refractivity contribution is 0.0836. The second kappa shape index (κ2) is 3.90. The molecule has 0 aromatic carbocycles. The molecule has 72 valence electrons. The van der Waals surface area contributed by atoms with Crippen LogP contribution in [0.3, 0.4) is 0 Å². The van der Waals surface area contributed by atoms with Crippen LogP contribution in [0.15, 0.2) is 15.8 Å². The zero-order valence-corrected chi connectivity index (χ0v) is 7.11. The third kappa shape index (κ3) is 2.19. The summed E-state index contributed by atoms with van der Waals surface area (Å²) in [4.78, 5) is 23.7. The molecule has 0 aliphatic carbocycles. The van der Waals surface area contributed by atoms with Gasteiger partial charge < -0.3 is 9.84 Å². The summed E-state index contributed by atoms with van der Waals surface area (Å²) in [5, 5.41) is 8.96. The molecular weight excluding hydrogens is 176 g/mol. The average molecular weight is 186 g/mol. The number of aromatic nitrogens is 2. The number of rotatable bonds is 3. The molecule has 13 heavy (non-hydrogen) atoms. The molecule has 6 heteroatoms. The van der Waals surface area contributed by atoms with Crippen LogP contribution in [0.1, 0.15) is 6.92 Å². The molecule has 0 fully saturated rings. The molecule has 0 aliphatic heterocycles. The van der Waals surface area contributed by atoms with E-state index >= 15 is 0 Å². The minimum absolute atomic E-state index is 0.0136. The third-order valence-corrected chi connectivity index (χ3v) is 1.43. The molecule has 0 unspecified atom stereocenters. The zero-order valence-electron chi connectivity index (χ0n) is 7.11. The highest BCUT2D eigenvalue weighted by molar-refractivity contribution is 5.08. The van der Waals surface area contributed by atoms with Crippen molar-refractivity contribution in [2.24, 2.45) is 0 Å². The fourth-order valence-electron chi connectivity index (χ4n) is 0.783. The zero-order chi connectivity index (χ0) is 9.84. The van der Waals surface area contributed by atoms with Gasteiger partial charge in [0, 0.05) is 6.61 Å². The van der Waals surface area contributed by atoms with E-state index in [2.05, 4.69) is 0 Å². The fourth-order valence-corrected chi connectivity index (χ4v) is 0.783. The summed E-state index contributed by atoms with van der Waals surface area (Å²) in [5.41, 5.74) is -1.39. The Morgan fingerprint density at radius 3 is 2.92 bits per heavy atom. The van der Waals surface area contributed by atoms with Gasteiger partial charge in [0.05, 0.1) is 6.20 Å². The van der Waals surface area contributed by atoms with Crippen LogP contribution in [0.5, 0.6) is 5.75 Å². The van der Waals surface area contributed by atoms with Crippen molar-refractivity contribution in [1.82, 2.24) is 9.55 Å². The summed E-state index contributed by atoms with van der Waals surface area (Å²) < 4.78 is 5.99. The van der Waals surface area contributed by atoms with Gasteiger partial charge in [-0.1, -0.05) is 0 Å². The van der Waals surface area contributed by atoms with Crippen molar-refractivity contribution in [2.75, 3.05) is 6.61 Å². The average Bonchev–Trinajstić information content (AvgIpc) is 2.09. The van der Waals surface area contributed by atoms with Gasteiger partial charge in [-0.3, -0.25) is 14.3 Å². The molecule has 6 nitrogen and oxygen atoms in total. The molecule has 0 bridgehead atoms. The Morgan fingerprint density at radius 2 is 2.31 bits per heavy atom. The van der Waals surface area contributed by atoms with Crippen LogP contribution in [0, 0.1) is 0 Å². The molecular formula is C7H10N2O4. The predicted octanol–water partition coefficient (Wildman–Crippen LogP) is -0.764. The van der Waals surface area contributed by atoms with E-state index in [9.17, 15) is 9.59 Å². The Kier molecular flexibility index (Phi) is 2.86. The van der Waals surface area contributed by atoms with Crippen LogP contribution in [0.2, 0.25) is 0 Å². The largest absolute Gasteiger partial charge is 0.502 e. The highest BCUT2D eigenvalue weighted by Crippen LogP contribution is 1.93. The van der Waals surface area contributed by atoms with Crippen molar-refractivity contribution in [2.45, 2.75) is 13.7 Å². The SMILES string of the molecule is CCOCn1cc(O)c(=O)[nH]c1=O. The Balaban J connectivity index is 3.02. The first-order valence-corrected chi connectivity index (χ1v) is 3.75. The smallest absolute Gasteiger partial charge is 0.330 e. The Labute approximate surface area is 73.4 Å². The first-order chi connectivity index (χ1) is 6.15. The summed E-state index contributed by atoms with van der Waals surface area (Å²) in [6.07, 6.45) is 1.04. The molecule has 0 atom stereocenters. The quantitative estimate of drug-likeness (QED) is 0.649. The molecule has 1 aromatic heterocycles. The summed E-state index contributed by atoms with van der Waals surface area (Å²) in [6, 6.07) is 0. The number of aromatic hydroxyl groups is 1. The molecule has 0 saturated carbocycles. The van der Waals surface area contributed by atoms with Crippen molar-refractivity contribution in [3.8, 4) is 5.75 Å². The normalized spacial score (nSPS) is 10.2. The standard InChI is InChI=1S/C7H10N2O4/c1-2-13-4-9-3-5(10)6(11)8-7(9)12/h3,10H,2,4H2,1H3,(H,8,11,12). The van der Waals surface area contributed by atoms with E-state index in [4.69, 9.17) is 9.84 Å². The molecule has 2 N–H and O–H groups in total. The van der Waals surface area contributed by atoms with Gasteiger partial charge in [0.1, 0.15) is 6.73 Å².